The molecule has 0 unspecified atom stereocenters. The van der Waals surface area contributed by atoms with E-state index in [4.69, 9.17) is 11.6 Å². The van der Waals surface area contributed by atoms with Crippen LogP contribution in [0.4, 0.5) is 26.3 Å². The number of halogens is 7. The Bertz CT molecular complexity index is 1290. The smallest absolute Gasteiger partial charge is 0.333 e. The number of amides is 1. The van der Waals surface area contributed by atoms with Crippen molar-refractivity contribution in [2.75, 3.05) is 32.1 Å². The second kappa shape index (κ2) is 11.4. The molecule has 3 aromatic carbocycles. The fraction of sp³-hybridized carbons (Fsp3) is 0.321. The van der Waals surface area contributed by atoms with Gasteiger partial charge in [0.1, 0.15) is 0 Å². The molecule has 0 radical (unpaired) electrons. The molecule has 1 aliphatic rings. The first-order chi connectivity index (χ1) is 18.0. The molecule has 1 saturated heterocycles. The standard InChI is InChI=1S/C28H25ClF6N2O/c29-9-3-4-10-36-11-12-37(25(18-36)14-19-7-8-20-5-1-2-6-21(20)13-19)26(38)22-15-23(27(30,31)32)17-24(16-22)28(33,34)35/h1-8,13,15-17,25H,9-12,14,18H2/t25-/m1/s1. The number of allylic oxidation sites excluding steroid dienone is 1. The van der Waals surface area contributed by atoms with Gasteiger partial charge in [0, 0.05) is 43.7 Å². The third-order valence-corrected chi connectivity index (χ3v) is 6.75. The average molecular weight is 555 g/mol. The summed E-state index contributed by atoms with van der Waals surface area (Å²) in [6.07, 6.45) is -6.00. The van der Waals surface area contributed by atoms with Crippen LogP contribution in [0.2, 0.25) is 0 Å². The number of alkyl halides is 7. The molecule has 1 aliphatic heterocycles. The number of benzene rings is 3. The van der Waals surface area contributed by atoms with Crippen molar-refractivity contribution in [3.63, 3.8) is 0 Å². The van der Waals surface area contributed by atoms with Crippen LogP contribution in [0.5, 0.6) is 0 Å². The Labute approximate surface area is 221 Å². The van der Waals surface area contributed by atoms with Crippen LogP contribution >= 0.6 is 11.6 Å². The van der Waals surface area contributed by atoms with Gasteiger partial charge in [0.2, 0.25) is 0 Å². The second-order valence-electron chi connectivity index (χ2n) is 9.22. The Morgan fingerprint density at radius 3 is 2.16 bits per heavy atom. The van der Waals surface area contributed by atoms with Crippen LogP contribution in [-0.2, 0) is 18.8 Å². The Hall–Kier alpha value is -3.04. The maximum Gasteiger partial charge on any atom is 0.416 e. The largest absolute Gasteiger partial charge is 0.416 e. The molecule has 1 fully saturated rings. The van der Waals surface area contributed by atoms with E-state index in [0.29, 0.717) is 44.1 Å². The highest BCUT2D eigenvalue weighted by Gasteiger charge is 2.39. The molecule has 1 atom stereocenters. The van der Waals surface area contributed by atoms with Crippen molar-refractivity contribution in [1.29, 1.82) is 0 Å². The Kier molecular flexibility index (Phi) is 8.37. The average Bonchev–Trinajstić information content (AvgIpc) is 2.87. The van der Waals surface area contributed by atoms with E-state index in [0.717, 1.165) is 16.3 Å². The second-order valence-corrected chi connectivity index (χ2v) is 9.53. The van der Waals surface area contributed by atoms with Crippen molar-refractivity contribution in [2.24, 2.45) is 0 Å². The molecule has 0 bridgehead atoms. The Morgan fingerprint density at radius 1 is 0.868 bits per heavy atom. The first-order valence-corrected chi connectivity index (χ1v) is 12.5. The molecule has 0 aliphatic carbocycles. The van der Waals surface area contributed by atoms with Crippen LogP contribution < -0.4 is 0 Å². The molecule has 3 nitrogen and oxygen atoms in total. The quantitative estimate of drug-likeness (QED) is 0.185. The van der Waals surface area contributed by atoms with Crippen molar-refractivity contribution in [3.8, 4) is 0 Å². The van der Waals surface area contributed by atoms with E-state index in [-0.39, 0.29) is 12.6 Å². The van der Waals surface area contributed by atoms with Crippen molar-refractivity contribution in [2.45, 2.75) is 24.8 Å². The van der Waals surface area contributed by atoms with Crippen LogP contribution in [0.1, 0.15) is 27.0 Å². The summed E-state index contributed by atoms with van der Waals surface area (Å²) in [6.45, 7) is 1.53. The van der Waals surface area contributed by atoms with Crippen molar-refractivity contribution < 1.29 is 31.1 Å². The minimum absolute atomic E-state index is 0.0322. The minimum Gasteiger partial charge on any atom is -0.333 e. The van der Waals surface area contributed by atoms with Gasteiger partial charge in [-0.3, -0.25) is 9.69 Å². The lowest BCUT2D eigenvalue weighted by molar-refractivity contribution is -0.143. The zero-order valence-electron chi connectivity index (χ0n) is 20.2. The number of fused-ring (bicyclic) bond motifs is 1. The van der Waals surface area contributed by atoms with Gasteiger partial charge in [0.15, 0.2) is 0 Å². The monoisotopic (exact) mass is 554 g/mol. The van der Waals surface area contributed by atoms with Gasteiger partial charge in [0.25, 0.3) is 5.91 Å². The van der Waals surface area contributed by atoms with Crippen LogP contribution in [0, 0.1) is 0 Å². The first kappa shape index (κ1) is 28.0. The number of rotatable bonds is 6. The molecule has 1 amide bonds. The van der Waals surface area contributed by atoms with Crippen LogP contribution in [0.3, 0.4) is 0 Å². The van der Waals surface area contributed by atoms with Gasteiger partial charge in [-0.05, 0) is 41.0 Å². The summed E-state index contributed by atoms with van der Waals surface area (Å²) in [5, 5.41) is 2.03. The highest BCUT2D eigenvalue weighted by atomic mass is 35.5. The third kappa shape index (κ3) is 6.69. The number of nitrogens with zero attached hydrogens (tertiary/aromatic N) is 2. The Balaban J connectivity index is 1.67. The molecular formula is C28H25ClF6N2O. The summed E-state index contributed by atoms with van der Waals surface area (Å²) in [6, 6.07) is 14.2. The fourth-order valence-corrected chi connectivity index (χ4v) is 4.82. The van der Waals surface area contributed by atoms with Gasteiger partial charge in [-0.1, -0.05) is 54.6 Å². The highest BCUT2D eigenvalue weighted by Crippen LogP contribution is 2.37. The van der Waals surface area contributed by atoms with Crippen molar-refractivity contribution in [1.82, 2.24) is 9.80 Å². The number of carbonyl (C=O) groups excluding carboxylic acids is 1. The van der Waals surface area contributed by atoms with Gasteiger partial charge >= 0.3 is 12.4 Å². The predicted octanol–water partition coefficient (Wildman–Crippen LogP) is 7.04. The van der Waals surface area contributed by atoms with E-state index in [9.17, 15) is 31.1 Å². The summed E-state index contributed by atoms with van der Waals surface area (Å²) in [7, 11) is 0. The summed E-state index contributed by atoms with van der Waals surface area (Å²) in [5.41, 5.74) is -2.74. The van der Waals surface area contributed by atoms with Crippen molar-refractivity contribution in [3.05, 3.63) is 95.1 Å². The summed E-state index contributed by atoms with van der Waals surface area (Å²) < 4.78 is 80.5. The van der Waals surface area contributed by atoms with Gasteiger partial charge in [-0.15, -0.1) is 11.6 Å². The van der Waals surface area contributed by atoms with E-state index < -0.39 is 41.0 Å². The summed E-state index contributed by atoms with van der Waals surface area (Å²) in [4.78, 5) is 17.0. The molecule has 4 rings (SSSR count). The zero-order chi connectivity index (χ0) is 27.5. The molecule has 10 heteroatoms. The number of piperazine rings is 1. The molecule has 3 aromatic rings. The lowest BCUT2D eigenvalue weighted by Gasteiger charge is -2.41. The van der Waals surface area contributed by atoms with Gasteiger partial charge < -0.3 is 4.90 Å². The first-order valence-electron chi connectivity index (χ1n) is 12.0. The van der Waals surface area contributed by atoms with E-state index in [2.05, 4.69) is 4.90 Å². The molecule has 0 aromatic heterocycles. The predicted molar refractivity (Wildman–Crippen MR) is 135 cm³/mol. The van der Waals surface area contributed by atoms with Crippen LogP contribution in [-0.4, -0.2) is 53.8 Å². The molecule has 0 spiro atoms. The lowest BCUT2D eigenvalue weighted by Crippen LogP contribution is -2.56. The SMILES string of the molecule is O=C(c1cc(C(F)(F)F)cc(C(F)(F)F)c1)N1CCN(CC=CCCl)C[C@H]1Cc1ccc2ccccc2c1. The molecule has 202 valence electrons. The van der Waals surface area contributed by atoms with E-state index in [1.54, 1.807) is 6.08 Å². The lowest BCUT2D eigenvalue weighted by atomic mass is 9.97. The summed E-state index contributed by atoms with van der Waals surface area (Å²) in [5.74, 6) is -0.515. The van der Waals surface area contributed by atoms with Gasteiger partial charge in [-0.25, -0.2) is 0 Å². The number of carbonyl (C=O) groups is 1. The summed E-state index contributed by atoms with van der Waals surface area (Å²) >= 11 is 5.71. The number of hydrogen-bond donors (Lipinski definition) is 0. The third-order valence-electron chi connectivity index (χ3n) is 6.57. The molecule has 1 heterocycles. The molecule has 0 saturated carbocycles. The molecule has 0 N–H and O–H groups in total. The van der Waals surface area contributed by atoms with Gasteiger partial charge in [-0.2, -0.15) is 26.3 Å². The zero-order valence-corrected chi connectivity index (χ0v) is 21.0. The fourth-order valence-electron chi connectivity index (χ4n) is 4.70. The Morgan fingerprint density at radius 2 is 1.53 bits per heavy atom. The maximum atomic E-state index is 13.5. The normalized spacial score (nSPS) is 17.4. The van der Waals surface area contributed by atoms with Crippen LogP contribution in [0.25, 0.3) is 10.8 Å². The topological polar surface area (TPSA) is 23.6 Å². The highest BCUT2D eigenvalue weighted by molar-refractivity contribution is 6.18. The van der Waals surface area contributed by atoms with E-state index >= 15 is 0 Å². The van der Waals surface area contributed by atoms with E-state index in [1.165, 1.54) is 4.90 Å². The minimum atomic E-state index is -5.03. The molecule has 38 heavy (non-hydrogen) atoms. The van der Waals surface area contributed by atoms with Gasteiger partial charge in [0.05, 0.1) is 11.1 Å². The maximum absolute atomic E-state index is 13.5. The number of hydrogen-bond acceptors (Lipinski definition) is 2. The molecular weight excluding hydrogens is 530 g/mol. The van der Waals surface area contributed by atoms with Crippen LogP contribution in [0.15, 0.2) is 72.8 Å². The van der Waals surface area contributed by atoms with Crippen molar-refractivity contribution >= 4 is 28.3 Å². The van der Waals surface area contributed by atoms with E-state index in [1.807, 2.05) is 48.5 Å².